The summed E-state index contributed by atoms with van der Waals surface area (Å²) in [4.78, 5) is 28.5. The van der Waals surface area contributed by atoms with Crippen LogP contribution in [-0.2, 0) is 9.53 Å². The van der Waals surface area contributed by atoms with Crippen LogP contribution in [0.4, 0.5) is 17.1 Å². The van der Waals surface area contributed by atoms with Crippen molar-refractivity contribution in [2.45, 2.75) is 12.8 Å². The van der Waals surface area contributed by atoms with Crippen molar-refractivity contribution in [3.05, 3.63) is 54.1 Å². The summed E-state index contributed by atoms with van der Waals surface area (Å²) < 4.78 is 5.37. The monoisotopic (exact) mass is 365 g/mol. The molecule has 1 N–H and O–H groups in total. The molecule has 2 aromatic carbocycles. The van der Waals surface area contributed by atoms with E-state index in [1.807, 2.05) is 48.5 Å². The van der Waals surface area contributed by atoms with Crippen LogP contribution < -0.4 is 15.1 Å². The summed E-state index contributed by atoms with van der Waals surface area (Å²) >= 11 is 0. The summed E-state index contributed by atoms with van der Waals surface area (Å²) in [5.41, 5.74) is 3.23. The number of nitrogens with zero attached hydrogens (tertiary/aromatic N) is 2. The second-order valence-corrected chi connectivity index (χ2v) is 6.80. The van der Waals surface area contributed by atoms with E-state index in [0.29, 0.717) is 17.7 Å². The van der Waals surface area contributed by atoms with E-state index >= 15 is 0 Å². The van der Waals surface area contributed by atoms with Crippen molar-refractivity contribution < 1.29 is 14.3 Å². The van der Waals surface area contributed by atoms with Crippen LogP contribution in [-0.4, -0.2) is 44.7 Å². The largest absolute Gasteiger partial charge is 0.378 e. The van der Waals surface area contributed by atoms with Crippen LogP contribution in [0.25, 0.3) is 0 Å². The van der Waals surface area contributed by atoms with E-state index in [4.69, 9.17) is 4.74 Å². The summed E-state index contributed by atoms with van der Waals surface area (Å²) in [6, 6.07) is 15.1. The van der Waals surface area contributed by atoms with Gasteiger partial charge in [-0.05, 0) is 48.9 Å². The number of carbonyl (C=O) groups is 2. The number of rotatable bonds is 4. The first-order chi connectivity index (χ1) is 13.2. The molecule has 2 aromatic rings. The summed E-state index contributed by atoms with van der Waals surface area (Å²) in [6.45, 7) is 3.94. The predicted octanol–water partition coefficient (Wildman–Crippen LogP) is 2.90. The maximum atomic E-state index is 12.6. The van der Waals surface area contributed by atoms with Gasteiger partial charge >= 0.3 is 0 Å². The number of carbonyl (C=O) groups excluding carboxylic acids is 2. The number of hydrogen-bond donors (Lipinski definition) is 1. The van der Waals surface area contributed by atoms with Crippen molar-refractivity contribution in [3.63, 3.8) is 0 Å². The Labute approximate surface area is 158 Å². The van der Waals surface area contributed by atoms with Gasteiger partial charge in [0.2, 0.25) is 5.91 Å². The molecule has 0 atom stereocenters. The highest BCUT2D eigenvalue weighted by atomic mass is 16.5. The standard InChI is InChI=1S/C21H23N3O3/c25-20-5-2-10-24(20)19-4-1-3-17(15-19)22-21(26)16-6-8-18(9-7-16)23-11-13-27-14-12-23/h1,3-4,6-9,15H,2,5,10-14H2,(H,22,26). The van der Waals surface area contributed by atoms with Crippen molar-refractivity contribution in [1.29, 1.82) is 0 Å². The van der Waals surface area contributed by atoms with Gasteiger partial charge in [-0.2, -0.15) is 0 Å². The van der Waals surface area contributed by atoms with Gasteiger partial charge in [-0.25, -0.2) is 0 Å². The predicted molar refractivity (Wildman–Crippen MR) is 105 cm³/mol. The molecule has 2 aliphatic rings. The highest BCUT2D eigenvalue weighted by Crippen LogP contribution is 2.25. The minimum atomic E-state index is -0.159. The third kappa shape index (κ3) is 3.95. The van der Waals surface area contributed by atoms with E-state index < -0.39 is 0 Å². The van der Waals surface area contributed by atoms with E-state index in [9.17, 15) is 9.59 Å². The fourth-order valence-corrected chi connectivity index (χ4v) is 3.52. The molecule has 2 fully saturated rings. The molecule has 6 nitrogen and oxygen atoms in total. The summed E-state index contributed by atoms with van der Waals surface area (Å²) in [5.74, 6) is -0.0226. The van der Waals surface area contributed by atoms with Crippen molar-refractivity contribution in [2.75, 3.05) is 48.0 Å². The topological polar surface area (TPSA) is 61.9 Å². The molecule has 4 rings (SSSR count). The Balaban J connectivity index is 1.43. The number of ether oxygens (including phenoxy) is 1. The average Bonchev–Trinajstić information content (AvgIpc) is 3.15. The first-order valence-electron chi connectivity index (χ1n) is 9.35. The zero-order valence-electron chi connectivity index (χ0n) is 15.2. The highest BCUT2D eigenvalue weighted by molar-refractivity contribution is 6.05. The number of hydrogen-bond acceptors (Lipinski definition) is 4. The molecule has 27 heavy (non-hydrogen) atoms. The third-order valence-corrected chi connectivity index (χ3v) is 4.99. The molecule has 0 unspecified atom stereocenters. The van der Waals surface area contributed by atoms with Crippen LogP contribution in [0.3, 0.4) is 0 Å². The molecule has 0 aliphatic carbocycles. The quantitative estimate of drug-likeness (QED) is 0.905. The number of nitrogens with one attached hydrogen (secondary N) is 1. The molecule has 0 radical (unpaired) electrons. The summed E-state index contributed by atoms with van der Waals surface area (Å²) in [5, 5.41) is 2.93. The van der Waals surface area contributed by atoms with Crippen LogP contribution in [0.5, 0.6) is 0 Å². The molecule has 2 saturated heterocycles. The first-order valence-corrected chi connectivity index (χ1v) is 9.35. The summed E-state index contributed by atoms with van der Waals surface area (Å²) in [7, 11) is 0. The lowest BCUT2D eigenvalue weighted by atomic mass is 10.1. The molecule has 2 heterocycles. The van der Waals surface area contributed by atoms with E-state index in [1.165, 1.54) is 0 Å². The van der Waals surface area contributed by atoms with E-state index in [1.54, 1.807) is 4.90 Å². The first kappa shape index (κ1) is 17.5. The van der Waals surface area contributed by atoms with Crippen LogP contribution in [0.15, 0.2) is 48.5 Å². The number of morpholine rings is 1. The van der Waals surface area contributed by atoms with Crippen LogP contribution >= 0.6 is 0 Å². The van der Waals surface area contributed by atoms with Gasteiger partial charge < -0.3 is 19.9 Å². The maximum absolute atomic E-state index is 12.6. The number of anilines is 3. The second kappa shape index (κ2) is 7.80. The fourth-order valence-electron chi connectivity index (χ4n) is 3.52. The molecule has 2 aliphatic heterocycles. The third-order valence-electron chi connectivity index (χ3n) is 4.99. The average molecular weight is 365 g/mol. The van der Waals surface area contributed by atoms with Gasteiger partial charge in [0.25, 0.3) is 5.91 Å². The Morgan fingerprint density at radius 2 is 1.74 bits per heavy atom. The van der Waals surface area contributed by atoms with Crippen molar-refractivity contribution >= 4 is 28.9 Å². The number of benzene rings is 2. The van der Waals surface area contributed by atoms with Gasteiger partial charge in [-0.15, -0.1) is 0 Å². The number of amides is 2. The molecule has 6 heteroatoms. The molecular formula is C21H23N3O3. The summed E-state index contributed by atoms with van der Waals surface area (Å²) in [6.07, 6.45) is 1.47. The molecule has 0 bridgehead atoms. The van der Waals surface area contributed by atoms with Gasteiger partial charge in [0.05, 0.1) is 13.2 Å². The molecule has 140 valence electrons. The lowest BCUT2D eigenvalue weighted by Gasteiger charge is -2.28. The zero-order chi connectivity index (χ0) is 18.6. The lowest BCUT2D eigenvalue weighted by Crippen LogP contribution is -2.36. The maximum Gasteiger partial charge on any atom is 0.255 e. The molecular weight excluding hydrogens is 342 g/mol. The van der Waals surface area contributed by atoms with Crippen LogP contribution in [0.2, 0.25) is 0 Å². The Hall–Kier alpha value is -2.86. The van der Waals surface area contributed by atoms with Gasteiger partial charge in [0.15, 0.2) is 0 Å². The van der Waals surface area contributed by atoms with E-state index in [0.717, 1.165) is 50.6 Å². The Morgan fingerprint density at radius 1 is 0.963 bits per heavy atom. The molecule has 0 aromatic heterocycles. The minimum absolute atomic E-state index is 0.136. The second-order valence-electron chi connectivity index (χ2n) is 6.80. The SMILES string of the molecule is O=C(Nc1cccc(N2CCCC2=O)c1)c1ccc(N2CCOCC2)cc1. The highest BCUT2D eigenvalue weighted by Gasteiger charge is 2.22. The van der Waals surface area contributed by atoms with Crippen molar-refractivity contribution in [3.8, 4) is 0 Å². The van der Waals surface area contributed by atoms with E-state index in [-0.39, 0.29) is 11.8 Å². The lowest BCUT2D eigenvalue weighted by molar-refractivity contribution is -0.117. The fraction of sp³-hybridized carbons (Fsp3) is 0.333. The Bertz CT molecular complexity index is 829. The van der Waals surface area contributed by atoms with Gasteiger partial charge in [0, 0.05) is 48.7 Å². The minimum Gasteiger partial charge on any atom is -0.378 e. The molecule has 2 amide bonds. The molecule has 0 saturated carbocycles. The van der Waals surface area contributed by atoms with Gasteiger partial charge in [-0.1, -0.05) is 6.07 Å². The van der Waals surface area contributed by atoms with Crippen molar-refractivity contribution in [2.24, 2.45) is 0 Å². The Morgan fingerprint density at radius 3 is 2.44 bits per heavy atom. The van der Waals surface area contributed by atoms with Gasteiger partial charge in [0.1, 0.15) is 0 Å². The van der Waals surface area contributed by atoms with Crippen LogP contribution in [0, 0.1) is 0 Å². The smallest absolute Gasteiger partial charge is 0.255 e. The zero-order valence-corrected chi connectivity index (χ0v) is 15.2. The molecule has 0 spiro atoms. The van der Waals surface area contributed by atoms with Gasteiger partial charge in [-0.3, -0.25) is 9.59 Å². The Kier molecular flexibility index (Phi) is 5.07. The van der Waals surface area contributed by atoms with Crippen molar-refractivity contribution in [1.82, 2.24) is 0 Å². The van der Waals surface area contributed by atoms with E-state index in [2.05, 4.69) is 10.2 Å². The van der Waals surface area contributed by atoms with Crippen LogP contribution in [0.1, 0.15) is 23.2 Å². The normalized spacial score (nSPS) is 17.3.